The Balaban J connectivity index is 1.76. The maximum absolute atomic E-state index is 6.71. The normalized spacial score (nSPS) is 11.2. The van der Waals surface area contributed by atoms with Crippen LogP contribution >= 0.6 is 7.26 Å². The van der Waals surface area contributed by atoms with E-state index >= 15 is 0 Å². The van der Waals surface area contributed by atoms with E-state index in [1.54, 1.807) is 0 Å². The highest BCUT2D eigenvalue weighted by atomic mass is 31.2. The van der Waals surface area contributed by atoms with Gasteiger partial charge in [-0.2, -0.15) is 0 Å². The Morgan fingerprint density at radius 2 is 0.529 bits per heavy atom. The van der Waals surface area contributed by atoms with Crippen molar-refractivity contribution in [3.63, 3.8) is 0 Å². The van der Waals surface area contributed by atoms with Gasteiger partial charge in [0.25, 0.3) is 0 Å². The summed E-state index contributed by atoms with van der Waals surface area (Å²) >= 11 is 0. The van der Waals surface area contributed by atoms with Crippen LogP contribution in [0.15, 0.2) is 212 Å². The number of hydrogen-bond donors (Lipinski definition) is 0. The van der Waals surface area contributed by atoms with Crippen molar-refractivity contribution in [2.45, 2.75) is 0 Å². The summed E-state index contributed by atoms with van der Waals surface area (Å²) in [5, 5.41) is 5.18. The highest BCUT2D eigenvalue weighted by Crippen LogP contribution is 2.62. The smallest absolute Gasteiger partial charge is 0.145 e. The van der Waals surface area contributed by atoms with E-state index in [1.165, 1.54) is 32.3 Å². The lowest BCUT2D eigenvalue weighted by Gasteiger charge is -2.34. The average Bonchev–Trinajstić information content (AvgIpc) is 3.23. The van der Waals surface area contributed by atoms with Crippen LogP contribution in [-0.2, 0) is 0 Å². The van der Waals surface area contributed by atoms with E-state index in [0.717, 1.165) is 39.1 Å². The SMILES string of the molecule is COc1c(-c2ccccc2)c(-c2ccccc2)c([P+](c2ccccc2)(c2ccccc2)c2ccccc2)c(-c2ccccc2)c1-c1ccccc1. The lowest BCUT2D eigenvalue weighted by molar-refractivity contribution is 0.418. The van der Waals surface area contributed by atoms with Crippen LogP contribution in [0.25, 0.3) is 44.5 Å². The standard InChI is InChI=1S/C49H38OP/c1-50-48-44(37-23-9-2-10-24-37)46(39-27-13-4-14-28-39)49(47(40-29-15-5-16-30-40)45(48)38-25-11-3-12-26-38)51(41-31-17-6-18-32-41,42-33-19-7-20-34-42)43-35-21-8-22-36-43/h2-36H,1H3/q+1. The molecule has 1 nitrogen and oxygen atoms in total. The fourth-order valence-electron chi connectivity index (χ4n) is 7.57. The van der Waals surface area contributed by atoms with E-state index in [2.05, 4.69) is 212 Å². The van der Waals surface area contributed by atoms with E-state index in [-0.39, 0.29) is 0 Å². The first-order valence-electron chi connectivity index (χ1n) is 17.4. The van der Waals surface area contributed by atoms with Gasteiger partial charge in [-0.25, -0.2) is 0 Å². The molecule has 0 saturated carbocycles. The molecule has 0 saturated heterocycles. The highest BCUT2D eigenvalue weighted by Gasteiger charge is 2.53. The molecule has 0 radical (unpaired) electrons. The first kappa shape index (κ1) is 32.2. The Hall–Kier alpha value is -6.01. The minimum absolute atomic E-state index is 0.862. The van der Waals surface area contributed by atoms with Gasteiger partial charge in [0.15, 0.2) is 0 Å². The van der Waals surface area contributed by atoms with E-state index in [1.807, 2.05) is 7.11 Å². The molecule has 0 aliphatic carbocycles. The molecule has 8 aromatic rings. The minimum Gasteiger partial charge on any atom is -0.495 e. The monoisotopic (exact) mass is 673 g/mol. The van der Waals surface area contributed by atoms with Crippen molar-refractivity contribution < 1.29 is 4.74 Å². The number of ether oxygens (including phenoxy) is 1. The third-order valence-corrected chi connectivity index (χ3v) is 14.0. The van der Waals surface area contributed by atoms with E-state index in [4.69, 9.17) is 4.74 Å². The van der Waals surface area contributed by atoms with E-state index in [9.17, 15) is 0 Å². The summed E-state index contributed by atoms with van der Waals surface area (Å²) < 4.78 is 6.71. The molecule has 8 aromatic carbocycles. The van der Waals surface area contributed by atoms with Crippen molar-refractivity contribution in [1.29, 1.82) is 0 Å². The molecule has 0 N–H and O–H groups in total. The summed E-state index contributed by atoms with van der Waals surface area (Å²) in [5.41, 5.74) is 9.05. The second-order valence-corrected chi connectivity index (χ2v) is 15.9. The van der Waals surface area contributed by atoms with E-state index < -0.39 is 7.26 Å². The summed E-state index contributed by atoms with van der Waals surface area (Å²) in [6.07, 6.45) is 0. The lowest BCUT2D eigenvalue weighted by atomic mass is 9.84. The third-order valence-electron chi connectivity index (χ3n) is 9.65. The van der Waals surface area contributed by atoms with E-state index in [0.29, 0.717) is 0 Å². The molecular weight excluding hydrogens is 636 g/mol. The molecule has 244 valence electrons. The molecule has 8 rings (SSSR count). The molecule has 0 fully saturated rings. The van der Waals surface area contributed by atoms with Crippen LogP contribution in [0.4, 0.5) is 0 Å². The third kappa shape index (κ3) is 5.77. The molecular formula is C49H38OP+. The summed E-state index contributed by atoms with van der Waals surface area (Å²) in [5.74, 6) is 0.862. The number of benzene rings is 8. The van der Waals surface area contributed by atoms with Crippen molar-refractivity contribution >= 4 is 28.5 Å². The Morgan fingerprint density at radius 3 is 0.784 bits per heavy atom. The molecule has 0 atom stereocenters. The van der Waals surface area contributed by atoms with Crippen LogP contribution in [0.1, 0.15) is 0 Å². The Kier molecular flexibility index (Phi) is 9.13. The predicted molar refractivity (Wildman–Crippen MR) is 220 cm³/mol. The highest BCUT2D eigenvalue weighted by molar-refractivity contribution is 8.02. The topological polar surface area (TPSA) is 9.23 Å². The molecule has 51 heavy (non-hydrogen) atoms. The summed E-state index contributed by atoms with van der Waals surface area (Å²) in [4.78, 5) is 0. The van der Waals surface area contributed by atoms with Crippen molar-refractivity contribution in [2.75, 3.05) is 7.11 Å². The van der Waals surface area contributed by atoms with Crippen LogP contribution < -0.4 is 26.0 Å². The fraction of sp³-hybridized carbons (Fsp3) is 0.0204. The molecule has 0 aliphatic heterocycles. The summed E-state index contributed by atoms with van der Waals surface area (Å²) in [7, 11) is -0.868. The second-order valence-electron chi connectivity index (χ2n) is 12.5. The molecule has 0 unspecified atom stereocenters. The first-order chi connectivity index (χ1) is 25.3. The zero-order chi connectivity index (χ0) is 34.5. The van der Waals surface area contributed by atoms with Crippen molar-refractivity contribution in [2.24, 2.45) is 0 Å². The van der Waals surface area contributed by atoms with Crippen LogP contribution in [0.2, 0.25) is 0 Å². The van der Waals surface area contributed by atoms with Crippen molar-refractivity contribution in [1.82, 2.24) is 0 Å². The molecule has 0 heterocycles. The Bertz CT molecular complexity index is 2140. The van der Waals surface area contributed by atoms with Crippen LogP contribution in [-0.4, -0.2) is 7.11 Å². The molecule has 2 heteroatoms. The quantitative estimate of drug-likeness (QED) is 0.139. The number of rotatable bonds is 9. The van der Waals surface area contributed by atoms with Crippen LogP contribution in [0.3, 0.4) is 0 Å². The van der Waals surface area contributed by atoms with Gasteiger partial charge in [0, 0.05) is 22.3 Å². The zero-order valence-electron chi connectivity index (χ0n) is 28.6. The predicted octanol–water partition coefficient (Wildman–Crippen LogP) is 11.0. The van der Waals surface area contributed by atoms with Gasteiger partial charge in [-0.05, 0) is 58.7 Å². The lowest BCUT2D eigenvalue weighted by Crippen LogP contribution is -2.40. The number of hydrogen-bond acceptors (Lipinski definition) is 1. The first-order valence-corrected chi connectivity index (χ1v) is 19.2. The second kappa shape index (κ2) is 14.5. The molecule has 0 bridgehead atoms. The van der Waals surface area contributed by atoms with Gasteiger partial charge < -0.3 is 4.74 Å². The van der Waals surface area contributed by atoms with Gasteiger partial charge in [-0.3, -0.25) is 0 Å². The average molecular weight is 674 g/mol. The zero-order valence-corrected chi connectivity index (χ0v) is 29.5. The van der Waals surface area contributed by atoms with Gasteiger partial charge in [-0.1, -0.05) is 176 Å². The van der Waals surface area contributed by atoms with Gasteiger partial charge in [-0.15, -0.1) is 0 Å². The van der Waals surface area contributed by atoms with Gasteiger partial charge in [0.1, 0.15) is 34.2 Å². The number of methoxy groups -OCH3 is 1. The molecule has 0 aromatic heterocycles. The minimum atomic E-state index is -2.69. The summed E-state index contributed by atoms with van der Waals surface area (Å²) in [6, 6.07) is 77.0. The fourth-order valence-corrected chi connectivity index (χ4v) is 12.3. The van der Waals surface area contributed by atoms with Gasteiger partial charge in [0.2, 0.25) is 0 Å². The van der Waals surface area contributed by atoms with Gasteiger partial charge >= 0.3 is 0 Å². The maximum Gasteiger partial charge on any atom is 0.145 e. The molecule has 0 amide bonds. The Labute approximate surface area is 301 Å². The molecule has 0 aliphatic rings. The van der Waals surface area contributed by atoms with Crippen molar-refractivity contribution in [3.05, 3.63) is 212 Å². The van der Waals surface area contributed by atoms with Gasteiger partial charge in [0.05, 0.1) is 7.11 Å². The van der Waals surface area contributed by atoms with Crippen LogP contribution in [0, 0.1) is 0 Å². The van der Waals surface area contributed by atoms with Crippen molar-refractivity contribution in [3.8, 4) is 50.3 Å². The Morgan fingerprint density at radius 1 is 0.294 bits per heavy atom. The maximum atomic E-state index is 6.71. The van der Waals surface area contributed by atoms with Crippen LogP contribution in [0.5, 0.6) is 5.75 Å². The largest absolute Gasteiger partial charge is 0.495 e. The summed E-state index contributed by atoms with van der Waals surface area (Å²) in [6.45, 7) is 0. The molecule has 0 spiro atoms.